The molecule has 5 heteroatoms. The second kappa shape index (κ2) is 5.30. The molecule has 0 spiro atoms. The Hall–Kier alpha value is -1.10. The molecule has 5 nitrogen and oxygen atoms in total. The van der Waals surface area contributed by atoms with Crippen molar-refractivity contribution in [2.45, 2.75) is 26.7 Å². The van der Waals surface area contributed by atoms with Crippen LogP contribution < -0.4 is 10.2 Å². The molecule has 2 N–H and O–H groups in total. The number of aromatic nitrogens is 3. The normalized spacial score (nSPS) is 18.8. The molecule has 0 aromatic carbocycles. The van der Waals surface area contributed by atoms with Gasteiger partial charge in [-0.15, -0.1) is 5.10 Å². The number of nitrogens with one attached hydrogen (secondary N) is 2. The Morgan fingerprint density at radius 1 is 1.38 bits per heavy atom. The highest BCUT2D eigenvalue weighted by Gasteiger charge is 2.15. The summed E-state index contributed by atoms with van der Waals surface area (Å²) in [4.78, 5) is 6.78. The molecule has 2 rings (SSSR count). The average molecular weight is 223 g/mol. The van der Waals surface area contributed by atoms with Gasteiger partial charge in [0.05, 0.1) is 0 Å². The molecular weight excluding hydrogens is 202 g/mol. The summed E-state index contributed by atoms with van der Waals surface area (Å²) in [6, 6.07) is 0. The first-order valence-corrected chi connectivity index (χ1v) is 6.16. The molecule has 1 fully saturated rings. The van der Waals surface area contributed by atoms with Gasteiger partial charge < -0.3 is 10.2 Å². The zero-order valence-corrected chi connectivity index (χ0v) is 10.2. The van der Waals surface area contributed by atoms with Crippen molar-refractivity contribution in [3.8, 4) is 0 Å². The van der Waals surface area contributed by atoms with Crippen LogP contribution in [0, 0.1) is 5.92 Å². The Labute approximate surface area is 96.6 Å². The molecule has 1 saturated heterocycles. The van der Waals surface area contributed by atoms with Crippen molar-refractivity contribution < 1.29 is 0 Å². The van der Waals surface area contributed by atoms with Crippen LogP contribution in [0.5, 0.6) is 0 Å². The quantitative estimate of drug-likeness (QED) is 0.793. The summed E-state index contributed by atoms with van der Waals surface area (Å²) < 4.78 is 0. The molecule has 0 saturated carbocycles. The van der Waals surface area contributed by atoms with Crippen LogP contribution in [0.2, 0.25) is 0 Å². The zero-order valence-electron chi connectivity index (χ0n) is 10.2. The molecule has 1 atom stereocenters. The molecule has 0 aliphatic carbocycles. The fourth-order valence-corrected chi connectivity index (χ4v) is 1.86. The Bertz CT molecular complexity index is 316. The first-order valence-electron chi connectivity index (χ1n) is 6.16. The van der Waals surface area contributed by atoms with Crippen molar-refractivity contribution in [2.24, 2.45) is 5.92 Å². The van der Waals surface area contributed by atoms with Gasteiger partial charge in [-0.2, -0.15) is 4.98 Å². The lowest BCUT2D eigenvalue weighted by atomic mass is 10.1. The number of aromatic amines is 1. The lowest BCUT2D eigenvalue weighted by Gasteiger charge is -2.25. The van der Waals surface area contributed by atoms with Crippen LogP contribution in [0.4, 0.5) is 5.95 Å². The second-order valence-electron chi connectivity index (χ2n) is 4.54. The molecule has 1 aromatic heterocycles. The van der Waals surface area contributed by atoms with Crippen LogP contribution in [0.1, 0.15) is 26.1 Å². The Kier molecular flexibility index (Phi) is 3.77. The second-order valence-corrected chi connectivity index (χ2v) is 4.54. The number of H-pyrrole nitrogens is 1. The van der Waals surface area contributed by atoms with Crippen LogP contribution in [-0.2, 0) is 6.42 Å². The van der Waals surface area contributed by atoms with Gasteiger partial charge in [-0.3, -0.25) is 5.10 Å². The van der Waals surface area contributed by atoms with Crippen molar-refractivity contribution in [3.63, 3.8) is 0 Å². The topological polar surface area (TPSA) is 56.8 Å². The van der Waals surface area contributed by atoms with E-state index in [1.807, 2.05) is 0 Å². The van der Waals surface area contributed by atoms with E-state index in [1.54, 1.807) is 0 Å². The fourth-order valence-electron chi connectivity index (χ4n) is 1.86. The van der Waals surface area contributed by atoms with Gasteiger partial charge in [-0.05, 0) is 5.92 Å². The lowest BCUT2D eigenvalue weighted by molar-refractivity contribution is 0.544. The van der Waals surface area contributed by atoms with E-state index in [-0.39, 0.29) is 0 Å². The highest BCUT2D eigenvalue weighted by Crippen LogP contribution is 2.12. The van der Waals surface area contributed by atoms with Crippen molar-refractivity contribution in [3.05, 3.63) is 5.82 Å². The van der Waals surface area contributed by atoms with Crippen molar-refractivity contribution in [1.82, 2.24) is 20.5 Å². The third-order valence-corrected chi connectivity index (χ3v) is 3.16. The molecule has 2 heterocycles. The zero-order chi connectivity index (χ0) is 11.4. The first-order chi connectivity index (χ1) is 7.79. The summed E-state index contributed by atoms with van der Waals surface area (Å²) in [5.41, 5.74) is 0. The van der Waals surface area contributed by atoms with Crippen molar-refractivity contribution in [2.75, 3.05) is 31.1 Å². The van der Waals surface area contributed by atoms with Gasteiger partial charge in [0.25, 0.3) is 0 Å². The number of nitrogens with zero attached hydrogens (tertiary/aromatic N) is 3. The molecule has 0 amide bonds. The third kappa shape index (κ3) is 2.72. The molecule has 0 bridgehead atoms. The largest absolute Gasteiger partial charge is 0.337 e. The van der Waals surface area contributed by atoms with E-state index in [2.05, 4.69) is 39.2 Å². The Morgan fingerprint density at radius 2 is 2.12 bits per heavy atom. The minimum Gasteiger partial charge on any atom is -0.337 e. The first kappa shape index (κ1) is 11.4. The van der Waals surface area contributed by atoms with E-state index in [1.165, 1.54) is 6.42 Å². The van der Waals surface area contributed by atoms with E-state index in [9.17, 15) is 0 Å². The molecule has 1 aromatic rings. The van der Waals surface area contributed by atoms with E-state index in [0.29, 0.717) is 5.92 Å². The summed E-state index contributed by atoms with van der Waals surface area (Å²) in [5, 5.41) is 10.7. The summed E-state index contributed by atoms with van der Waals surface area (Å²) in [6.07, 6.45) is 2.18. The minimum atomic E-state index is 0.670. The van der Waals surface area contributed by atoms with Crippen LogP contribution in [0.3, 0.4) is 0 Å². The summed E-state index contributed by atoms with van der Waals surface area (Å²) in [6.45, 7) is 8.50. The third-order valence-electron chi connectivity index (χ3n) is 3.16. The predicted octanol–water partition coefficient (Wildman–Crippen LogP) is 0.803. The Balaban J connectivity index is 1.95. The maximum absolute atomic E-state index is 4.55. The molecule has 1 unspecified atom stereocenters. The van der Waals surface area contributed by atoms with E-state index < -0.39 is 0 Å². The number of rotatable bonds is 4. The lowest BCUT2D eigenvalue weighted by Crippen LogP contribution is -2.44. The van der Waals surface area contributed by atoms with Gasteiger partial charge in [0.1, 0.15) is 5.82 Å². The number of anilines is 1. The van der Waals surface area contributed by atoms with Crippen LogP contribution in [0.15, 0.2) is 0 Å². The smallest absolute Gasteiger partial charge is 0.244 e. The van der Waals surface area contributed by atoms with E-state index in [0.717, 1.165) is 44.4 Å². The number of hydrogen-bond donors (Lipinski definition) is 2. The standard InChI is InChI=1S/C11H21N5/c1-3-9(2)8-10-13-11(15-14-10)16-6-4-12-5-7-16/h9,12H,3-8H2,1-2H3,(H,13,14,15). The van der Waals surface area contributed by atoms with Gasteiger partial charge >= 0.3 is 0 Å². The van der Waals surface area contributed by atoms with Crippen LogP contribution in [0.25, 0.3) is 0 Å². The molecule has 1 aliphatic heterocycles. The summed E-state index contributed by atoms with van der Waals surface area (Å²) in [7, 11) is 0. The highest BCUT2D eigenvalue weighted by molar-refractivity contribution is 5.29. The molecule has 1 aliphatic rings. The monoisotopic (exact) mass is 223 g/mol. The van der Waals surface area contributed by atoms with Crippen LogP contribution >= 0.6 is 0 Å². The van der Waals surface area contributed by atoms with Crippen molar-refractivity contribution in [1.29, 1.82) is 0 Å². The summed E-state index contributed by atoms with van der Waals surface area (Å²) in [5.74, 6) is 2.55. The minimum absolute atomic E-state index is 0.670. The van der Waals surface area contributed by atoms with E-state index in [4.69, 9.17) is 0 Å². The maximum Gasteiger partial charge on any atom is 0.244 e. The number of hydrogen-bond acceptors (Lipinski definition) is 4. The predicted molar refractivity (Wildman–Crippen MR) is 64.6 cm³/mol. The fraction of sp³-hybridized carbons (Fsp3) is 0.818. The Morgan fingerprint density at radius 3 is 2.81 bits per heavy atom. The molecule has 16 heavy (non-hydrogen) atoms. The van der Waals surface area contributed by atoms with E-state index >= 15 is 0 Å². The maximum atomic E-state index is 4.55. The van der Waals surface area contributed by atoms with Gasteiger partial charge in [0, 0.05) is 32.6 Å². The van der Waals surface area contributed by atoms with Gasteiger partial charge in [-0.25, -0.2) is 0 Å². The molecular formula is C11H21N5. The van der Waals surface area contributed by atoms with Crippen molar-refractivity contribution >= 4 is 5.95 Å². The molecule has 0 radical (unpaired) electrons. The SMILES string of the molecule is CCC(C)Cc1nc(N2CCNCC2)n[nH]1. The van der Waals surface area contributed by atoms with Crippen LogP contribution in [-0.4, -0.2) is 41.4 Å². The van der Waals surface area contributed by atoms with Gasteiger partial charge in [0.2, 0.25) is 5.95 Å². The molecule has 90 valence electrons. The summed E-state index contributed by atoms with van der Waals surface area (Å²) >= 11 is 0. The van der Waals surface area contributed by atoms with Gasteiger partial charge in [-0.1, -0.05) is 20.3 Å². The number of piperazine rings is 1. The average Bonchev–Trinajstić information content (AvgIpc) is 2.78. The highest BCUT2D eigenvalue weighted by atomic mass is 15.4. The van der Waals surface area contributed by atoms with Gasteiger partial charge in [0.15, 0.2) is 0 Å².